The molecule has 2 rings (SSSR count). The molecule has 0 spiro atoms. The lowest BCUT2D eigenvalue weighted by Gasteiger charge is -2.38. The van der Waals surface area contributed by atoms with E-state index in [1.807, 2.05) is 12.1 Å². The zero-order valence-electron chi connectivity index (χ0n) is 8.12. The molecule has 0 amide bonds. The summed E-state index contributed by atoms with van der Waals surface area (Å²) < 4.78 is 12.7. The van der Waals surface area contributed by atoms with Crippen LogP contribution in [0.2, 0.25) is 0 Å². The van der Waals surface area contributed by atoms with Gasteiger partial charge >= 0.3 is 0 Å². The molecular formula is C11H15FN2. The summed E-state index contributed by atoms with van der Waals surface area (Å²) in [5.74, 6) is -0.187. The Bertz CT molecular complexity index is 293. The average Bonchev–Trinajstić information content (AvgIpc) is 2.13. The third-order valence-corrected chi connectivity index (χ3v) is 2.81. The first-order valence-electron chi connectivity index (χ1n) is 5.01. The standard InChI is InChI=1S/C11H15FN2/c12-10-4-2-9(3-5-10)11(8-13)14-6-1-7-14/h2-5,11H,1,6-8,13H2. The highest BCUT2D eigenvalue weighted by atomic mass is 19.1. The quantitative estimate of drug-likeness (QED) is 0.790. The molecule has 14 heavy (non-hydrogen) atoms. The molecule has 1 saturated heterocycles. The SMILES string of the molecule is NCC(c1ccc(F)cc1)N1CCC1. The fourth-order valence-corrected chi connectivity index (χ4v) is 1.83. The van der Waals surface area contributed by atoms with Crippen molar-refractivity contribution < 1.29 is 4.39 Å². The van der Waals surface area contributed by atoms with Gasteiger partial charge in [-0.1, -0.05) is 12.1 Å². The molecule has 1 aromatic rings. The Labute approximate surface area is 83.5 Å². The molecule has 1 unspecified atom stereocenters. The van der Waals surface area contributed by atoms with Crippen LogP contribution in [-0.4, -0.2) is 24.5 Å². The molecule has 3 heteroatoms. The molecule has 0 saturated carbocycles. The monoisotopic (exact) mass is 194 g/mol. The van der Waals surface area contributed by atoms with Crippen molar-refractivity contribution in [3.63, 3.8) is 0 Å². The van der Waals surface area contributed by atoms with Crippen LogP contribution < -0.4 is 5.73 Å². The minimum atomic E-state index is -0.187. The predicted octanol–water partition coefficient (Wildman–Crippen LogP) is 1.53. The number of hydrogen-bond donors (Lipinski definition) is 1. The van der Waals surface area contributed by atoms with Crippen molar-refractivity contribution in [3.8, 4) is 0 Å². The second-order valence-electron chi connectivity index (χ2n) is 3.69. The second-order valence-corrected chi connectivity index (χ2v) is 3.69. The first-order chi connectivity index (χ1) is 6.81. The lowest BCUT2D eigenvalue weighted by Crippen LogP contribution is -2.43. The number of rotatable bonds is 3. The molecule has 76 valence electrons. The summed E-state index contributed by atoms with van der Waals surface area (Å²) in [5.41, 5.74) is 6.84. The third-order valence-electron chi connectivity index (χ3n) is 2.81. The molecule has 0 bridgehead atoms. The molecule has 1 atom stereocenters. The van der Waals surface area contributed by atoms with Crippen molar-refractivity contribution >= 4 is 0 Å². The lowest BCUT2D eigenvalue weighted by atomic mass is 10.0. The van der Waals surface area contributed by atoms with E-state index >= 15 is 0 Å². The molecule has 1 aromatic carbocycles. The summed E-state index contributed by atoms with van der Waals surface area (Å²) in [4.78, 5) is 2.33. The van der Waals surface area contributed by atoms with E-state index in [2.05, 4.69) is 4.90 Å². The zero-order valence-corrected chi connectivity index (χ0v) is 8.12. The van der Waals surface area contributed by atoms with Gasteiger partial charge in [0, 0.05) is 25.7 Å². The summed E-state index contributed by atoms with van der Waals surface area (Å²) in [6.07, 6.45) is 1.25. The van der Waals surface area contributed by atoms with E-state index in [9.17, 15) is 4.39 Å². The van der Waals surface area contributed by atoms with Gasteiger partial charge in [-0.15, -0.1) is 0 Å². The van der Waals surface area contributed by atoms with Crippen molar-refractivity contribution in [1.29, 1.82) is 0 Å². The van der Waals surface area contributed by atoms with E-state index in [0.29, 0.717) is 6.54 Å². The molecule has 2 nitrogen and oxygen atoms in total. The molecule has 2 N–H and O–H groups in total. The summed E-state index contributed by atoms with van der Waals surface area (Å²) in [6, 6.07) is 6.91. The van der Waals surface area contributed by atoms with Crippen LogP contribution in [-0.2, 0) is 0 Å². The Balaban J connectivity index is 2.14. The molecule has 1 fully saturated rings. The Kier molecular flexibility index (Phi) is 2.79. The summed E-state index contributed by atoms with van der Waals surface area (Å²) in [7, 11) is 0. The Morgan fingerprint density at radius 2 is 1.93 bits per heavy atom. The van der Waals surface area contributed by atoms with Crippen molar-refractivity contribution in [3.05, 3.63) is 35.6 Å². The third kappa shape index (κ3) is 1.79. The van der Waals surface area contributed by atoms with Gasteiger partial charge in [-0.3, -0.25) is 4.90 Å². The van der Waals surface area contributed by atoms with Crippen molar-refractivity contribution in [2.75, 3.05) is 19.6 Å². The van der Waals surface area contributed by atoms with Gasteiger partial charge in [0.05, 0.1) is 0 Å². The van der Waals surface area contributed by atoms with E-state index in [0.717, 1.165) is 18.7 Å². The number of nitrogens with two attached hydrogens (primary N) is 1. The van der Waals surface area contributed by atoms with Gasteiger partial charge in [0.25, 0.3) is 0 Å². The molecule has 1 heterocycles. The molecule has 0 radical (unpaired) electrons. The summed E-state index contributed by atoms with van der Waals surface area (Å²) in [6.45, 7) is 2.82. The normalized spacial score (nSPS) is 19.0. The number of hydrogen-bond acceptors (Lipinski definition) is 2. The molecule has 0 aliphatic carbocycles. The van der Waals surface area contributed by atoms with E-state index < -0.39 is 0 Å². The molecular weight excluding hydrogens is 179 g/mol. The minimum Gasteiger partial charge on any atom is -0.329 e. The first kappa shape index (κ1) is 9.62. The van der Waals surface area contributed by atoms with Gasteiger partial charge in [0.2, 0.25) is 0 Å². The van der Waals surface area contributed by atoms with Crippen LogP contribution in [0.15, 0.2) is 24.3 Å². The maximum Gasteiger partial charge on any atom is 0.123 e. The number of likely N-dealkylation sites (tertiary alicyclic amines) is 1. The van der Waals surface area contributed by atoms with Crippen LogP contribution in [0.4, 0.5) is 4.39 Å². The van der Waals surface area contributed by atoms with E-state index in [-0.39, 0.29) is 11.9 Å². The van der Waals surface area contributed by atoms with Crippen LogP contribution >= 0.6 is 0 Å². The molecule has 0 aromatic heterocycles. The van der Waals surface area contributed by atoms with Gasteiger partial charge in [-0.2, -0.15) is 0 Å². The van der Waals surface area contributed by atoms with Crippen LogP contribution in [0.5, 0.6) is 0 Å². The maximum absolute atomic E-state index is 12.7. The van der Waals surface area contributed by atoms with Gasteiger partial charge in [-0.05, 0) is 24.1 Å². The van der Waals surface area contributed by atoms with Crippen LogP contribution in [0.1, 0.15) is 18.0 Å². The Morgan fingerprint density at radius 3 is 2.36 bits per heavy atom. The van der Waals surface area contributed by atoms with Gasteiger partial charge in [-0.25, -0.2) is 4.39 Å². The average molecular weight is 194 g/mol. The highest BCUT2D eigenvalue weighted by Gasteiger charge is 2.23. The maximum atomic E-state index is 12.7. The molecule has 1 aliphatic rings. The topological polar surface area (TPSA) is 29.3 Å². The summed E-state index contributed by atoms with van der Waals surface area (Å²) >= 11 is 0. The van der Waals surface area contributed by atoms with Gasteiger partial charge in [0.1, 0.15) is 5.82 Å². The lowest BCUT2D eigenvalue weighted by molar-refractivity contribution is 0.122. The highest BCUT2D eigenvalue weighted by Crippen LogP contribution is 2.24. The zero-order chi connectivity index (χ0) is 9.97. The Morgan fingerprint density at radius 1 is 1.29 bits per heavy atom. The number of halogens is 1. The highest BCUT2D eigenvalue weighted by molar-refractivity contribution is 5.20. The number of benzene rings is 1. The number of nitrogens with zero attached hydrogens (tertiary/aromatic N) is 1. The van der Waals surface area contributed by atoms with Crippen molar-refractivity contribution in [2.45, 2.75) is 12.5 Å². The van der Waals surface area contributed by atoms with Crippen LogP contribution in [0.25, 0.3) is 0 Å². The second kappa shape index (κ2) is 4.07. The fraction of sp³-hybridized carbons (Fsp3) is 0.455. The Hall–Kier alpha value is -0.930. The largest absolute Gasteiger partial charge is 0.329 e. The van der Waals surface area contributed by atoms with E-state index in [1.54, 1.807) is 0 Å². The fourth-order valence-electron chi connectivity index (χ4n) is 1.83. The van der Waals surface area contributed by atoms with E-state index in [4.69, 9.17) is 5.73 Å². The minimum absolute atomic E-state index is 0.187. The van der Waals surface area contributed by atoms with Crippen molar-refractivity contribution in [2.24, 2.45) is 5.73 Å². The molecule has 1 aliphatic heterocycles. The van der Waals surface area contributed by atoms with Crippen molar-refractivity contribution in [1.82, 2.24) is 4.90 Å². The van der Waals surface area contributed by atoms with E-state index in [1.165, 1.54) is 18.6 Å². The predicted molar refractivity (Wildman–Crippen MR) is 54.4 cm³/mol. The van der Waals surface area contributed by atoms with Crippen LogP contribution in [0, 0.1) is 5.82 Å². The smallest absolute Gasteiger partial charge is 0.123 e. The van der Waals surface area contributed by atoms with Gasteiger partial charge in [0.15, 0.2) is 0 Å². The first-order valence-corrected chi connectivity index (χ1v) is 5.01. The van der Waals surface area contributed by atoms with Crippen LogP contribution in [0.3, 0.4) is 0 Å². The summed E-state index contributed by atoms with van der Waals surface area (Å²) in [5, 5.41) is 0. The van der Waals surface area contributed by atoms with Gasteiger partial charge < -0.3 is 5.73 Å².